The van der Waals surface area contributed by atoms with Gasteiger partial charge in [0.2, 0.25) is 20.9 Å². The summed E-state index contributed by atoms with van der Waals surface area (Å²) in [7, 11) is -3.94. The fourth-order valence-corrected chi connectivity index (χ4v) is 6.40. The van der Waals surface area contributed by atoms with Gasteiger partial charge < -0.3 is 9.80 Å². The van der Waals surface area contributed by atoms with Crippen LogP contribution in [0.4, 0.5) is 18.9 Å². The Balaban J connectivity index is 1.61. The minimum atomic E-state index is -4.69. The van der Waals surface area contributed by atoms with Gasteiger partial charge in [0.05, 0.1) is 5.69 Å². The van der Waals surface area contributed by atoms with E-state index in [1.165, 1.54) is 16.7 Å². The van der Waals surface area contributed by atoms with Gasteiger partial charge in [-0.1, -0.05) is 36.8 Å². The van der Waals surface area contributed by atoms with Gasteiger partial charge in [-0.2, -0.15) is 13.2 Å². The maximum Gasteiger partial charge on any atom is 0.445 e. The van der Waals surface area contributed by atoms with Gasteiger partial charge in [0.15, 0.2) is 16.0 Å². The highest BCUT2D eigenvalue weighted by Crippen LogP contribution is 2.39. The number of nitrogens with one attached hydrogen (secondary N) is 1. The van der Waals surface area contributed by atoms with Crippen LogP contribution >= 0.6 is 22.9 Å². The van der Waals surface area contributed by atoms with Gasteiger partial charge in [0.1, 0.15) is 10.4 Å². The first kappa shape index (κ1) is 26.1. The maximum absolute atomic E-state index is 13.2. The molecule has 1 saturated carbocycles. The largest absolute Gasteiger partial charge is 0.445 e. The molecule has 0 spiro atoms. The van der Waals surface area contributed by atoms with Gasteiger partial charge in [-0.15, -0.1) is 10.2 Å². The van der Waals surface area contributed by atoms with Crippen LogP contribution in [0, 0.1) is 5.92 Å². The Kier molecular flexibility index (Phi) is 6.61. The number of alkyl halides is 3. The number of hydrogen-bond acceptors (Lipinski definition) is 8. The molecule has 200 valence electrons. The number of halogens is 4. The standard InChI is InChI=1S/C21H23ClF3N7O3S2/c1-11(2)19(33)31-7-5-30(6-8-31)14-9-13(37(34,35)29-12-3-4-12)10-32-15(14)16(22)26-17(32)18-27-28-20(36-18)21(23,24)25/h9-12,29H,3-8H2,1-2H3. The van der Waals surface area contributed by atoms with Crippen LogP contribution in [0.2, 0.25) is 5.15 Å². The van der Waals surface area contributed by atoms with Crippen molar-refractivity contribution in [1.82, 2.24) is 29.2 Å². The molecule has 0 atom stereocenters. The first-order valence-corrected chi connectivity index (χ1v) is 14.2. The number of carbonyl (C=O) groups is 1. The minimum Gasteiger partial charge on any atom is -0.366 e. The van der Waals surface area contributed by atoms with Crippen molar-refractivity contribution >= 4 is 50.1 Å². The van der Waals surface area contributed by atoms with Crippen LogP contribution in [0.25, 0.3) is 16.3 Å². The van der Waals surface area contributed by atoms with E-state index >= 15 is 0 Å². The average Bonchev–Trinajstić information content (AvgIpc) is 3.36. The van der Waals surface area contributed by atoms with Crippen LogP contribution in [0.15, 0.2) is 17.2 Å². The van der Waals surface area contributed by atoms with E-state index in [1.54, 1.807) is 4.90 Å². The average molecular weight is 578 g/mol. The second kappa shape index (κ2) is 9.36. The highest BCUT2D eigenvalue weighted by molar-refractivity contribution is 7.89. The van der Waals surface area contributed by atoms with Crippen LogP contribution in [0.3, 0.4) is 0 Å². The lowest BCUT2D eigenvalue weighted by atomic mass is 10.1. The van der Waals surface area contributed by atoms with E-state index in [4.69, 9.17) is 11.6 Å². The molecule has 1 N–H and O–H groups in total. The molecule has 5 rings (SSSR count). The number of piperazine rings is 1. The van der Waals surface area contributed by atoms with Gasteiger partial charge >= 0.3 is 6.18 Å². The fraction of sp³-hybridized carbons (Fsp3) is 0.524. The van der Waals surface area contributed by atoms with E-state index < -0.39 is 21.2 Å². The smallest absolute Gasteiger partial charge is 0.366 e. The van der Waals surface area contributed by atoms with Gasteiger partial charge in [0.25, 0.3) is 0 Å². The van der Waals surface area contributed by atoms with Gasteiger partial charge in [0, 0.05) is 44.3 Å². The minimum absolute atomic E-state index is 0.0199. The number of amides is 1. The molecule has 0 bridgehead atoms. The summed E-state index contributed by atoms with van der Waals surface area (Å²) in [5.74, 6) is -0.178. The summed E-state index contributed by atoms with van der Waals surface area (Å²) >= 11 is 6.77. The number of rotatable bonds is 6. The van der Waals surface area contributed by atoms with E-state index in [1.807, 2.05) is 18.7 Å². The number of fused-ring (bicyclic) bond motifs is 1. The number of aromatic nitrogens is 4. The van der Waals surface area contributed by atoms with E-state index in [-0.39, 0.29) is 38.7 Å². The zero-order valence-electron chi connectivity index (χ0n) is 19.8. The first-order chi connectivity index (χ1) is 17.3. The first-order valence-electron chi connectivity index (χ1n) is 11.5. The van der Waals surface area contributed by atoms with E-state index in [9.17, 15) is 26.4 Å². The molecular weight excluding hydrogens is 555 g/mol. The second-order valence-corrected chi connectivity index (χ2v) is 12.3. The lowest BCUT2D eigenvalue weighted by Crippen LogP contribution is -2.50. The summed E-state index contributed by atoms with van der Waals surface area (Å²) in [4.78, 5) is 20.2. The molecule has 3 aromatic rings. The molecule has 37 heavy (non-hydrogen) atoms. The van der Waals surface area contributed by atoms with Gasteiger partial charge in [-0.3, -0.25) is 9.20 Å². The molecule has 3 aromatic heterocycles. The van der Waals surface area contributed by atoms with Crippen LogP contribution < -0.4 is 9.62 Å². The fourth-order valence-electron chi connectivity index (χ4n) is 4.12. The zero-order chi connectivity index (χ0) is 26.7. The third-order valence-corrected chi connectivity index (χ3v) is 8.86. The highest BCUT2D eigenvalue weighted by atomic mass is 35.5. The number of hydrogen-bond donors (Lipinski definition) is 1. The van der Waals surface area contributed by atoms with E-state index in [2.05, 4.69) is 19.9 Å². The summed E-state index contributed by atoms with van der Waals surface area (Å²) in [6.45, 7) is 5.30. The summed E-state index contributed by atoms with van der Waals surface area (Å²) in [6.07, 6.45) is -1.95. The van der Waals surface area contributed by atoms with Crippen molar-refractivity contribution in [2.45, 2.75) is 43.8 Å². The lowest BCUT2D eigenvalue weighted by Gasteiger charge is -2.37. The van der Waals surface area contributed by atoms with Crippen LogP contribution in [0.1, 0.15) is 31.7 Å². The number of pyridine rings is 1. The molecule has 2 fully saturated rings. The van der Waals surface area contributed by atoms with Crippen molar-refractivity contribution in [3.8, 4) is 10.8 Å². The molecule has 1 aliphatic heterocycles. The molecular formula is C21H23ClF3N7O3S2. The Morgan fingerprint density at radius 1 is 1.19 bits per heavy atom. The number of carbonyl (C=O) groups excluding carboxylic acids is 1. The van der Waals surface area contributed by atoms with Crippen molar-refractivity contribution in [1.29, 1.82) is 0 Å². The molecule has 1 aliphatic carbocycles. The van der Waals surface area contributed by atoms with Gasteiger partial charge in [-0.25, -0.2) is 18.1 Å². The molecule has 16 heteroatoms. The third-order valence-electron chi connectivity index (χ3n) is 6.14. The van der Waals surface area contributed by atoms with Crippen LogP contribution in [-0.4, -0.2) is 71.0 Å². The second-order valence-electron chi connectivity index (χ2n) is 9.28. The van der Waals surface area contributed by atoms with E-state index in [0.29, 0.717) is 48.7 Å². The van der Waals surface area contributed by atoms with Crippen molar-refractivity contribution in [3.05, 3.63) is 22.4 Å². The zero-order valence-corrected chi connectivity index (χ0v) is 22.2. The Morgan fingerprint density at radius 2 is 1.86 bits per heavy atom. The quantitative estimate of drug-likeness (QED) is 0.478. The molecule has 10 nitrogen and oxygen atoms in total. The van der Waals surface area contributed by atoms with Crippen molar-refractivity contribution in [3.63, 3.8) is 0 Å². The summed E-state index contributed by atoms with van der Waals surface area (Å²) in [5, 5.41) is 5.53. The normalized spacial score (nSPS) is 17.3. The molecule has 0 radical (unpaired) electrons. The van der Waals surface area contributed by atoms with E-state index in [0.717, 1.165) is 12.8 Å². The number of nitrogens with zero attached hydrogens (tertiary/aromatic N) is 6. The maximum atomic E-state index is 13.2. The predicted molar refractivity (Wildman–Crippen MR) is 131 cm³/mol. The topological polar surface area (TPSA) is 113 Å². The van der Waals surface area contributed by atoms with Crippen molar-refractivity contribution in [2.75, 3.05) is 31.1 Å². The van der Waals surface area contributed by atoms with Crippen LogP contribution in [0.5, 0.6) is 0 Å². The van der Waals surface area contributed by atoms with Gasteiger partial charge in [-0.05, 0) is 18.9 Å². The van der Waals surface area contributed by atoms with Crippen molar-refractivity contribution < 1.29 is 26.4 Å². The Hall–Kier alpha value is -2.49. The summed E-state index contributed by atoms with van der Waals surface area (Å²) in [5.41, 5.74) is 0.772. The molecule has 4 heterocycles. The number of sulfonamides is 1. The SMILES string of the molecule is CC(C)C(=O)N1CCN(c2cc(S(=O)(=O)NC3CC3)cn3c(-c4nnc(C(F)(F)F)s4)nc(Cl)c23)CC1. The monoisotopic (exact) mass is 577 g/mol. The lowest BCUT2D eigenvalue weighted by molar-refractivity contribution is -0.138. The van der Waals surface area contributed by atoms with Crippen molar-refractivity contribution in [2.24, 2.45) is 5.92 Å². The number of anilines is 1. The van der Waals surface area contributed by atoms with Crippen LogP contribution in [-0.2, 0) is 21.0 Å². The summed E-state index contributed by atoms with van der Waals surface area (Å²) in [6, 6.07) is 1.33. The summed E-state index contributed by atoms with van der Waals surface area (Å²) < 4.78 is 69.8. The Labute approximate surface area is 219 Å². The molecule has 0 aromatic carbocycles. The molecule has 0 unspecified atom stereocenters. The molecule has 1 saturated heterocycles. The Bertz CT molecular complexity index is 1460. The molecule has 2 aliphatic rings. The highest BCUT2D eigenvalue weighted by Gasteiger charge is 2.37. The number of imidazole rings is 1. The molecule has 1 amide bonds. The predicted octanol–water partition coefficient (Wildman–Crippen LogP) is 3.27. The third kappa shape index (κ3) is 5.13. The Morgan fingerprint density at radius 3 is 2.43 bits per heavy atom.